The molecule has 4 aromatic heterocycles. The average Bonchev–Trinajstić information content (AvgIpc) is 3.18. The molecule has 0 aliphatic rings. The number of amides is 1. The van der Waals surface area contributed by atoms with E-state index in [-0.39, 0.29) is 5.91 Å². The van der Waals surface area contributed by atoms with Crippen molar-refractivity contribution >= 4 is 17.4 Å². The summed E-state index contributed by atoms with van der Waals surface area (Å²) in [6.45, 7) is 3.00. The number of anilines is 1. The molecule has 0 saturated heterocycles. The van der Waals surface area contributed by atoms with Crippen LogP contribution < -0.4 is 5.73 Å². The number of pyridine rings is 3. The molecule has 0 fully saturated rings. The molecule has 140 valence electrons. The molecule has 8 heteroatoms. The van der Waals surface area contributed by atoms with Crippen LogP contribution in [0.3, 0.4) is 0 Å². The van der Waals surface area contributed by atoms with Crippen LogP contribution in [0, 0.1) is 0 Å². The van der Waals surface area contributed by atoms with E-state index >= 15 is 0 Å². The smallest absolute Gasteiger partial charge is 0.254 e. The normalized spacial score (nSPS) is 10.9. The number of nitrogens with two attached hydrogens (primary N) is 1. The Labute approximate surface area is 161 Å². The Balaban J connectivity index is 1.67. The van der Waals surface area contributed by atoms with E-state index in [9.17, 15) is 4.79 Å². The van der Waals surface area contributed by atoms with Gasteiger partial charge in [-0.05, 0) is 48.9 Å². The second kappa shape index (κ2) is 7.43. The van der Waals surface area contributed by atoms with Crippen LogP contribution in [0.4, 0.5) is 5.82 Å². The van der Waals surface area contributed by atoms with Crippen molar-refractivity contribution in [3.05, 3.63) is 72.2 Å². The molecular formula is C20H19N7O. The van der Waals surface area contributed by atoms with Gasteiger partial charge in [-0.1, -0.05) is 6.07 Å². The highest BCUT2D eigenvalue weighted by Gasteiger charge is 2.18. The molecule has 4 aromatic rings. The fraction of sp³-hybridized carbons (Fsp3) is 0.150. The molecule has 0 bridgehead atoms. The van der Waals surface area contributed by atoms with Gasteiger partial charge in [0.25, 0.3) is 5.91 Å². The lowest BCUT2D eigenvalue weighted by Crippen LogP contribution is -2.30. The summed E-state index contributed by atoms with van der Waals surface area (Å²) in [6.07, 6.45) is 5.11. The molecular weight excluding hydrogens is 354 g/mol. The van der Waals surface area contributed by atoms with Crippen molar-refractivity contribution in [1.82, 2.24) is 29.5 Å². The van der Waals surface area contributed by atoms with Crippen LogP contribution in [0.15, 0.2) is 61.1 Å². The van der Waals surface area contributed by atoms with Gasteiger partial charge in [0, 0.05) is 37.2 Å². The number of nitrogens with zero attached hydrogens (tertiary/aromatic N) is 6. The third kappa shape index (κ3) is 3.39. The Hall–Kier alpha value is -3.81. The van der Waals surface area contributed by atoms with Gasteiger partial charge in [0.1, 0.15) is 11.5 Å². The molecule has 4 heterocycles. The van der Waals surface area contributed by atoms with Crippen molar-refractivity contribution in [2.45, 2.75) is 13.5 Å². The average molecular weight is 373 g/mol. The van der Waals surface area contributed by atoms with Gasteiger partial charge in [-0.2, -0.15) is 4.52 Å². The van der Waals surface area contributed by atoms with Crippen LogP contribution in [-0.4, -0.2) is 41.9 Å². The standard InChI is InChI=1S/C20H19N7O/c1-2-26(13-14-6-9-22-10-7-14)20(28)15-11-17(21)27-18(12-15)24-19(25-27)16-5-3-4-8-23-16/h3-12H,2,13,21H2,1H3. The Morgan fingerprint density at radius 1 is 1.14 bits per heavy atom. The lowest BCUT2D eigenvalue weighted by Gasteiger charge is -2.21. The van der Waals surface area contributed by atoms with Gasteiger partial charge in [0.2, 0.25) is 5.82 Å². The Kier molecular flexibility index (Phi) is 4.67. The summed E-state index contributed by atoms with van der Waals surface area (Å²) < 4.78 is 1.51. The van der Waals surface area contributed by atoms with Crippen molar-refractivity contribution < 1.29 is 4.79 Å². The fourth-order valence-electron chi connectivity index (χ4n) is 2.95. The number of nitrogen functional groups attached to an aromatic ring is 1. The minimum atomic E-state index is -0.115. The van der Waals surface area contributed by atoms with Crippen LogP contribution >= 0.6 is 0 Å². The second-order valence-electron chi connectivity index (χ2n) is 6.26. The van der Waals surface area contributed by atoms with E-state index in [1.807, 2.05) is 37.3 Å². The summed E-state index contributed by atoms with van der Waals surface area (Å²) in [5.41, 5.74) is 8.78. The van der Waals surface area contributed by atoms with Gasteiger partial charge in [0.15, 0.2) is 5.65 Å². The highest BCUT2D eigenvalue weighted by atomic mass is 16.2. The first kappa shape index (κ1) is 17.6. The number of carbonyl (C=O) groups excluding carboxylic acids is 1. The first-order valence-corrected chi connectivity index (χ1v) is 8.91. The first-order chi connectivity index (χ1) is 13.7. The van der Waals surface area contributed by atoms with Crippen LogP contribution in [0.2, 0.25) is 0 Å². The minimum absolute atomic E-state index is 0.115. The highest BCUT2D eigenvalue weighted by Crippen LogP contribution is 2.19. The molecule has 4 rings (SSSR count). The first-order valence-electron chi connectivity index (χ1n) is 8.91. The zero-order valence-corrected chi connectivity index (χ0v) is 15.4. The molecule has 0 aromatic carbocycles. The van der Waals surface area contributed by atoms with Crippen molar-refractivity contribution in [3.63, 3.8) is 0 Å². The third-order valence-electron chi connectivity index (χ3n) is 4.40. The largest absolute Gasteiger partial charge is 0.384 e. The maximum Gasteiger partial charge on any atom is 0.254 e. The van der Waals surface area contributed by atoms with Gasteiger partial charge in [-0.25, -0.2) is 4.98 Å². The number of hydrogen-bond donors (Lipinski definition) is 1. The maximum atomic E-state index is 13.0. The number of hydrogen-bond acceptors (Lipinski definition) is 6. The summed E-state index contributed by atoms with van der Waals surface area (Å²) in [5, 5.41) is 4.40. The molecule has 0 aliphatic carbocycles. The van der Waals surface area contributed by atoms with Crippen LogP contribution in [0.1, 0.15) is 22.8 Å². The summed E-state index contributed by atoms with van der Waals surface area (Å²) in [4.78, 5) is 27.5. The SMILES string of the molecule is CCN(Cc1ccncc1)C(=O)c1cc(N)n2nc(-c3ccccn3)nc2c1. The van der Waals surface area contributed by atoms with E-state index in [1.54, 1.807) is 35.6 Å². The summed E-state index contributed by atoms with van der Waals surface area (Å²) in [7, 11) is 0. The Bertz CT molecular complexity index is 1110. The van der Waals surface area contributed by atoms with E-state index in [0.29, 0.717) is 41.6 Å². The Morgan fingerprint density at radius 3 is 2.68 bits per heavy atom. The zero-order chi connectivity index (χ0) is 19.5. The molecule has 0 atom stereocenters. The van der Waals surface area contributed by atoms with Crippen LogP contribution in [0.25, 0.3) is 17.2 Å². The number of carbonyl (C=O) groups is 1. The zero-order valence-electron chi connectivity index (χ0n) is 15.4. The summed E-state index contributed by atoms with van der Waals surface area (Å²) in [6, 6.07) is 12.6. The molecule has 0 spiro atoms. The maximum absolute atomic E-state index is 13.0. The van der Waals surface area contributed by atoms with Gasteiger partial charge >= 0.3 is 0 Å². The summed E-state index contributed by atoms with van der Waals surface area (Å²) >= 11 is 0. The fourth-order valence-corrected chi connectivity index (χ4v) is 2.95. The number of aromatic nitrogens is 5. The highest BCUT2D eigenvalue weighted by molar-refractivity contribution is 5.96. The minimum Gasteiger partial charge on any atom is -0.384 e. The molecule has 8 nitrogen and oxygen atoms in total. The molecule has 0 aliphatic heterocycles. The van der Waals surface area contributed by atoms with Crippen LogP contribution in [-0.2, 0) is 6.54 Å². The van der Waals surface area contributed by atoms with E-state index in [2.05, 4.69) is 20.1 Å². The lowest BCUT2D eigenvalue weighted by molar-refractivity contribution is 0.0752. The molecule has 2 N–H and O–H groups in total. The quantitative estimate of drug-likeness (QED) is 0.576. The predicted molar refractivity (Wildman–Crippen MR) is 105 cm³/mol. The number of fused-ring (bicyclic) bond motifs is 1. The van der Waals surface area contributed by atoms with Crippen molar-refractivity contribution in [2.75, 3.05) is 12.3 Å². The second-order valence-corrected chi connectivity index (χ2v) is 6.26. The topological polar surface area (TPSA) is 102 Å². The molecule has 0 radical (unpaired) electrons. The molecule has 1 amide bonds. The molecule has 0 saturated carbocycles. The molecule has 0 unspecified atom stereocenters. The van der Waals surface area contributed by atoms with Crippen molar-refractivity contribution in [3.8, 4) is 11.5 Å². The predicted octanol–water partition coefficient (Wildman–Crippen LogP) is 2.43. The van der Waals surface area contributed by atoms with E-state index in [0.717, 1.165) is 5.56 Å². The van der Waals surface area contributed by atoms with Crippen LogP contribution in [0.5, 0.6) is 0 Å². The monoisotopic (exact) mass is 373 g/mol. The van der Waals surface area contributed by atoms with Crippen molar-refractivity contribution in [2.24, 2.45) is 0 Å². The van der Waals surface area contributed by atoms with E-state index in [1.165, 1.54) is 4.52 Å². The molecule has 28 heavy (non-hydrogen) atoms. The van der Waals surface area contributed by atoms with E-state index < -0.39 is 0 Å². The van der Waals surface area contributed by atoms with Gasteiger partial charge in [0.05, 0.1) is 0 Å². The lowest BCUT2D eigenvalue weighted by atomic mass is 10.2. The number of rotatable bonds is 5. The Morgan fingerprint density at radius 2 is 1.96 bits per heavy atom. The third-order valence-corrected chi connectivity index (χ3v) is 4.40. The summed E-state index contributed by atoms with van der Waals surface area (Å²) in [5.74, 6) is 0.687. The van der Waals surface area contributed by atoms with Gasteiger partial charge in [-0.15, -0.1) is 5.10 Å². The van der Waals surface area contributed by atoms with Gasteiger partial charge in [-0.3, -0.25) is 14.8 Å². The van der Waals surface area contributed by atoms with Gasteiger partial charge < -0.3 is 10.6 Å². The van der Waals surface area contributed by atoms with E-state index in [4.69, 9.17) is 5.73 Å². The van der Waals surface area contributed by atoms with Crippen molar-refractivity contribution in [1.29, 1.82) is 0 Å².